The van der Waals surface area contributed by atoms with Gasteiger partial charge in [-0.1, -0.05) is 32.8 Å². The van der Waals surface area contributed by atoms with Crippen LogP contribution in [-0.2, 0) is 20.9 Å². The van der Waals surface area contributed by atoms with Crippen LogP contribution in [0.4, 0.5) is 0 Å². The molecule has 1 saturated carbocycles. The second kappa shape index (κ2) is 8.20. The number of hydrogen-bond acceptors (Lipinski definition) is 5. The fraction of sp³-hybridized carbons (Fsp3) is 0.565. The van der Waals surface area contributed by atoms with Crippen molar-refractivity contribution in [2.45, 2.75) is 59.1 Å². The third-order valence-corrected chi connectivity index (χ3v) is 6.78. The summed E-state index contributed by atoms with van der Waals surface area (Å²) in [5, 5.41) is 0. The SMILES string of the molecule is Cc1ccc2nc(COC(=O)[C@H]3CC(=O)N([C@@H]4CCC[C@H](C)[C@@H]4C)C3)cc(=O)n2c1. The summed E-state index contributed by atoms with van der Waals surface area (Å²) < 4.78 is 6.92. The molecule has 0 bridgehead atoms. The molecule has 1 aliphatic heterocycles. The molecule has 3 heterocycles. The van der Waals surface area contributed by atoms with Crippen LogP contribution in [0.15, 0.2) is 29.2 Å². The van der Waals surface area contributed by atoms with E-state index in [0.717, 1.165) is 18.4 Å². The number of nitrogens with zero attached hydrogens (tertiary/aromatic N) is 3. The number of ether oxygens (including phenoxy) is 1. The first-order valence-electron chi connectivity index (χ1n) is 10.8. The normalized spacial score (nSPS) is 26.9. The number of fused-ring (bicyclic) bond motifs is 1. The van der Waals surface area contributed by atoms with E-state index in [0.29, 0.717) is 29.7 Å². The van der Waals surface area contributed by atoms with Crippen LogP contribution < -0.4 is 5.56 Å². The number of aryl methyl sites for hydroxylation is 1. The Morgan fingerprint density at radius 2 is 2.03 bits per heavy atom. The lowest BCUT2D eigenvalue weighted by atomic mass is 9.77. The summed E-state index contributed by atoms with van der Waals surface area (Å²) in [4.78, 5) is 43.8. The molecular weight excluding hydrogens is 382 g/mol. The van der Waals surface area contributed by atoms with E-state index in [4.69, 9.17) is 4.74 Å². The third kappa shape index (κ3) is 3.98. The molecule has 7 nitrogen and oxygen atoms in total. The van der Waals surface area contributed by atoms with Crippen molar-refractivity contribution in [2.24, 2.45) is 17.8 Å². The van der Waals surface area contributed by atoms with Crippen molar-refractivity contribution in [3.63, 3.8) is 0 Å². The van der Waals surface area contributed by atoms with E-state index in [1.807, 2.05) is 17.9 Å². The average molecular weight is 412 g/mol. The highest BCUT2D eigenvalue weighted by Gasteiger charge is 2.42. The van der Waals surface area contributed by atoms with Gasteiger partial charge in [0.1, 0.15) is 12.3 Å². The Bertz CT molecular complexity index is 1030. The maximum atomic E-state index is 12.6. The minimum absolute atomic E-state index is 0.0420. The molecule has 4 atom stereocenters. The van der Waals surface area contributed by atoms with Crippen molar-refractivity contribution < 1.29 is 14.3 Å². The van der Waals surface area contributed by atoms with E-state index < -0.39 is 11.9 Å². The Morgan fingerprint density at radius 1 is 1.23 bits per heavy atom. The monoisotopic (exact) mass is 411 g/mol. The van der Waals surface area contributed by atoms with Gasteiger partial charge in [-0.2, -0.15) is 0 Å². The topological polar surface area (TPSA) is 81.0 Å². The second-order valence-corrected chi connectivity index (χ2v) is 8.91. The molecule has 0 N–H and O–H groups in total. The van der Waals surface area contributed by atoms with Gasteiger partial charge >= 0.3 is 5.97 Å². The van der Waals surface area contributed by atoms with Crippen molar-refractivity contribution >= 4 is 17.5 Å². The summed E-state index contributed by atoms with van der Waals surface area (Å²) in [6.07, 6.45) is 5.25. The zero-order chi connectivity index (χ0) is 21.4. The molecular formula is C23H29N3O4. The van der Waals surface area contributed by atoms with E-state index >= 15 is 0 Å². The highest BCUT2D eigenvalue weighted by molar-refractivity contribution is 5.87. The van der Waals surface area contributed by atoms with Crippen molar-refractivity contribution in [3.8, 4) is 0 Å². The van der Waals surface area contributed by atoms with Gasteiger partial charge in [0.25, 0.3) is 5.56 Å². The minimum Gasteiger partial charge on any atom is -0.459 e. The molecule has 1 amide bonds. The van der Waals surface area contributed by atoms with Crippen molar-refractivity contribution in [2.75, 3.05) is 6.54 Å². The first kappa shape index (κ1) is 20.6. The number of esters is 1. The van der Waals surface area contributed by atoms with E-state index in [1.165, 1.54) is 16.9 Å². The van der Waals surface area contributed by atoms with E-state index in [9.17, 15) is 14.4 Å². The van der Waals surface area contributed by atoms with Gasteiger partial charge in [-0.3, -0.25) is 18.8 Å². The smallest absolute Gasteiger partial charge is 0.311 e. The molecule has 2 aliphatic rings. The van der Waals surface area contributed by atoms with E-state index in [-0.39, 0.29) is 30.5 Å². The Morgan fingerprint density at radius 3 is 2.83 bits per heavy atom. The molecule has 160 valence electrons. The number of likely N-dealkylation sites (tertiary alicyclic amines) is 1. The quantitative estimate of drug-likeness (QED) is 0.723. The first-order chi connectivity index (χ1) is 14.3. The predicted octanol–water partition coefficient (Wildman–Crippen LogP) is 2.72. The van der Waals surface area contributed by atoms with Gasteiger partial charge in [0.05, 0.1) is 11.6 Å². The van der Waals surface area contributed by atoms with Gasteiger partial charge in [0.15, 0.2) is 0 Å². The molecule has 7 heteroatoms. The number of carbonyl (C=O) groups is 2. The predicted molar refractivity (Wildman–Crippen MR) is 112 cm³/mol. The zero-order valence-electron chi connectivity index (χ0n) is 17.8. The average Bonchev–Trinajstić information content (AvgIpc) is 3.10. The van der Waals surface area contributed by atoms with Crippen LogP contribution in [0.2, 0.25) is 0 Å². The van der Waals surface area contributed by atoms with Gasteiger partial charge in [-0.05, 0) is 36.8 Å². The summed E-state index contributed by atoms with van der Waals surface area (Å²) in [7, 11) is 0. The molecule has 1 saturated heterocycles. The fourth-order valence-electron chi connectivity index (χ4n) is 4.80. The van der Waals surface area contributed by atoms with Gasteiger partial charge in [0.2, 0.25) is 5.91 Å². The molecule has 2 aromatic heterocycles. The molecule has 0 unspecified atom stereocenters. The number of rotatable bonds is 4. The Labute approximate surface area is 176 Å². The number of aromatic nitrogens is 2. The number of amides is 1. The second-order valence-electron chi connectivity index (χ2n) is 8.91. The zero-order valence-corrected chi connectivity index (χ0v) is 17.8. The summed E-state index contributed by atoms with van der Waals surface area (Å²) in [5.41, 5.74) is 1.68. The number of hydrogen-bond donors (Lipinski definition) is 0. The van der Waals surface area contributed by atoms with Gasteiger partial charge < -0.3 is 9.64 Å². The lowest BCUT2D eigenvalue weighted by Gasteiger charge is -2.39. The minimum atomic E-state index is -0.453. The molecule has 30 heavy (non-hydrogen) atoms. The van der Waals surface area contributed by atoms with Crippen molar-refractivity contribution in [3.05, 3.63) is 46.0 Å². The van der Waals surface area contributed by atoms with Crippen LogP contribution in [0.3, 0.4) is 0 Å². The van der Waals surface area contributed by atoms with E-state index in [2.05, 4.69) is 18.8 Å². The van der Waals surface area contributed by atoms with E-state index in [1.54, 1.807) is 12.3 Å². The Balaban J connectivity index is 1.40. The summed E-state index contributed by atoms with van der Waals surface area (Å²) in [6, 6.07) is 5.24. The largest absolute Gasteiger partial charge is 0.459 e. The summed E-state index contributed by atoms with van der Waals surface area (Å²) in [6.45, 7) is 6.71. The molecule has 0 radical (unpaired) electrons. The molecule has 1 aliphatic carbocycles. The standard InChI is InChI=1S/C23H29N3O4/c1-14-7-8-20-24-18(10-22(28)26(20)11-14)13-30-23(29)17-9-21(27)25(12-17)19-6-4-5-15(2)16(19)3/h7-8,10-11,15-17,19H,4-6,9,12-13H2,1-3H3/t15-,16-,17-,19+/m0/s1. The molecule has 4 rings (SSSR count). The Kier molecular flexibility index (Phi) is 5.62. The van der Waals surface area contributed by atoms with Crippen molar-refractivity contribution in [1.82, 2.24) is 14.3 Å². The van der Waals surface area contributed by atoms with Crippen LogP contribution in [0.1, 0.15) is 50.8 Å². The van der Waals surface area contributed by atoms with Crippen LogP contribution in [0.25, 0.3) is 5.65 Å². The van der Waals surface area contributed by atoms with Crippen LogP contribution in [0.5, 0.6) is 0 Å². The lowest BCUT2D eigenvalue weighted by Crippen LogP contribution is -2.45. The fourth-order valence-corrected chi connectivity index (χ4v) is 4.80. The lowest BCUT2D eigenvalue weighted by molar-refractivity contribution is -0.149. The van der Waals surface area contributed by atoms with Gasteiger partial charge in [-0.25, -0.2) is 4.98 Å². The first-order valence-corrected chi connectivity index (χ1v) is 10.8. The molecule has 2 aromatic rings. The summed E-state index contributed by atoms with van der Waals surface area (Å²) >= 11 is 0. The van der Waals surface area contributed by atoms with Crippen LogP contribution in [0, 0.1) is 24.7 Å². The summed E-state index contributed by atoms with van der Waals surface area (Å²) in [5.74, 6) is 0.222. The molecule has 0 aromatic carbocycles. The maximum absolute atomic E-state index is 12.6. The van der Waals surface area contributed by atoms with Gasteiger partial charge in [0, 0.05) is 31.3 Å². The molecule has 0 spiro atoms. The van der Waals surface area contributed by atoms with Crippen LogP contribution in [-0.4, -0.2) is 38.7 Å². The maximum Gasteiger partial charge on any atom is 0.311 e. The third-order valence-electron chi connectivity index (χ3n) is 6.78. The molecule has 2 fully saturated rings. The van der Waals surface area contributed by atoms with Crippen molar-refractivity contribution in [1.29, 1.82) is 0 Å². The number of carbonyl (C=O) groups excluding carboxylic acids is 2. The highest BCUT2D eigenvalue weighted by atomic mass is 16.5. The highest BCUT2D eigenvalue weighted by Crippen LogP contribution is 2.35. The Hall–Kier alpha value is -2.70. The number of pyridine rings is 1. The van der Waals surface area contributed by atoms with Gasteiger partial charge in [-0.15, -0.1) is 0 Å². The van der Waals surface area contributed by atoms with Crippen LogP contribution >= 0.6 is 0 Å².